The zero-order valence-electron chi connectivity index (χ0n) is 32.8. The second-order valence-electron chi connectivity index (χ2n) is 13.0. The Balaban J connectivity index is 3.63. The first-order valence-electron chi connectivity index (χ1n) is 20.5. The molecule has 0 aromatic carbocycles. The Morgan fingerprint density at radius 2 is 0.882 bits per heavy atom. The summed E-state index contributed by atoms with van der Waals surface area (Å²) >= 11 is 0. The highest BCUT2D eigenvalue weighted by atomic mass is 16.6. The molecule has 0 fully saturated rings. The molecule has 0 amide bonds. The Kier molecular flexibility index (Phi) is 40.7. The van der Waals surface area contributed by atoms with Crippen LogP contribution in [0.15, 0.2) is 109 Å². The minimum absolute atomic E-state index is 0.203. The van der Waals surface area contributed by atoms with Crippen molar-refractivity contribution >= 4 is 5.97 Å². The Morgan fingerprint density at radius 1 is 0.490 bits per heavy atom. The molecule has 0 aromatic rings. The van der Waals surface area contributed by atoms with E-state index in [0.717, 1.165) is 96.3 Å². The van der Waals surface area contributed by atoms with E-state index in [1.807, 2.05) is 0 Å². The third-order valence-electron chi connectivity index (χ3n) is 8.08. The van der Waals surface area contributed by atoms with Gasteiger partial charge in [-0.1, -0.05) is 155 Å². The van der Waals surface area contributed by atoms with E-state index in [0.29, 0.717) is 13.0 Å². The molecular weight excluding hydrogens is 629 g/mol. The van der Waals surface area contributed by atoms with Gasteiger partial charge >= 0.3 is 5.97 Å². The summed E-state index contributed by atoms with van der Waals surface area (Å²) in [6.45, 7) is 5.06. The first kappa shape index (κ1) is 48.0. The molecule has 0 aliphatic heterocycles. The van der Waals surface area contributed by atoms with Crippen LogP contribution in [0, 0.1) is 0 Å². The summed E-state index contributed by atoms with van der Waals surface area (Å²) in [5.74, 6) is -0.236. The highest BCUT2D eigenvalue weighted by Gasteiger charge is 2.13. The lowest BCUT2D eigenvalue weighted by atomic mass is 10.1. The van der Waals surface area contributed by atoms with E-state index in [-0.39, 0.29) is 19.2 Å². The zero-order chi connectivity index (χ0) is 37.0. The molecule has 0 aliphatic rings. The highest BCUT2D eigenvalue weighted by molar-refractivity contribution is 5.69. The molecular formula is C47H76O4. The summed E-state index contributed by atoms with van der Waals surface area (Å²) in [6.07, 6.45) is 62.8. The van der Waals surface area contributed by atoms with Gasteiger partial charge in [-0.05, 0) is 103 Å². The molecule has 0 spiro atoms. The second-order valence-corrected chi connectivity index (χ2v) is 13.0. The number of aliphatic hydroxyl groups excluding tert-OH is 1. The molecule has 0 aliphatic carbocycles. The first-order chi connectivity index (χ1) is 25.2. The van der Waals surface area contributed by atoms with Gasteiger partial charge in [-0.3, -0.25) is 4.79 Å². The zero-order valence-corrected chi connectivity index (χ0v) is 32.8. The number of ether oxygens (including phenoxy) is 2. The van der Waals surface area contributed by atoms with Gasteiger partial charge in [0.1, 0.15) is 6.10 Å². The van der Waals surface area contributed by atoms with Crippen LogP contribution in [-0.2, 0) is 14.3 Å². The molecule has 4 nitrogen and oxygen atoms in total. The summed E-state index contributed by atoms with van der Waals surface area (Å²) in [7, 11) is 0. The molecule has 51 heavy (non-hydrogen) atoms. The van der Waals surface area contributed by atoms with Crippen LogP contribution in [0.4, 0.5) is 0 Å². The highest BCUT2D eigenvalue weighted by Crippen LogP contribution is 2.10. The lowest BCUT2D eigenvalue weighted by Gasteiger charge is -2.15. The fourth-order valence-electron chi connectivity index (χ4n) is 5.04. The summed E-state index contributed by atoms with van der Waals surface area (Å²) in [4.78, 5) is 12.2. The molecule has 1 unspecified atom stereocenters. The van der Waals surface area contributed by atoms with Crippen molar-refractivity contribution in [2.75, 3.05) is 19.8 Å². The van der Waals surface area contributed by atoms with Gasteiger partial charge in [-0.25, -0.2) is 0 Å². The molecule has 0 saturated heterocycles. The van der Waals surface area contributed by atoms with Gasteiger partial charge in [-0.2, -0.15) is 0 Å². The maximum absolute atomic E-state index is 12.2. The number of esters is 1. The number of rotatable bonds is 36. The molecule has 0 radical (unpaired) electrons. The van der Waals surface area contributed by atoms with Gasteiger partial charge in [0.05, 0.1) is 13.2 Å². The van der Waals surface area contributed by atoms with Crippen LogP contribution in [0.5, 0.6) is 0 Å². The maximum atomic E-state index is 12.2. The summed E-state index contributed by atoms with van der Waals surface area (Å²) in [5.41, 5.74) is 0. The number of carbonyl (C=O) groups excluding carboxylic acids is 1. The SMILES string of the molecule is CC/C=C\C/C=C\C/C=C\C/C=C\C/C=C\C/C=C\C/C=C\CCCCOCC(CO)OC(=O)CCCCCCC/C=C\C/C=C\CCCCC. The third kappa shape index (κ3) is 41.4. The van der Waals surface area contributed by atoms with Gasteiger partial charge in [0.2, 0.25) is 0 Å². The van der Waals surface area contributed by atoms with Crippen molar-refractivity contribution in [2.24, 2.45) is 0 Å². The normalized spacial score (nSPS) is 13.5. The minimum Gasteiger partial charge on any atom is -0.457 e. The van der Waals surface area contributed by atoms with Crippen molar-refractivity contribution < 1.29 is 19.4 Å². The van der Waals surface area contributed by atoms with Crippen molar-refractivity contribution in [1.82, 2.24) is 0 Å². The van der Waals surface area contributed by atoms with E-state index < -0.39 is 6.10 Å². The first-order valence-corrected chi connectivity index (χ1v) is 20.5. The van der Waals surface area contributed by atoms with Gasteiger partial charge < -0.3 is 14.6 Å². The van der Waals surface area contributed by atoms with Crippen LogP contribution in [0.2, 0.25) is 0 Å². The van der Waals surface area contributed by atoms with Crippen LogP contribution in [-0.4, -0.2) is 37.0 Å². The number of hydrogen-bond acceptors (Lipinski definition) is 4. The number of hydrogen-bond donors (Lipinski definition) is 1. The quantitative estimate of drug-likeness (QED) is 0.0401. The summed E-state index contributed by atoms with van der Waals surface area (Å²) in [5, 5.41) is 9.58. The Hall–Kier alpha value is -2.95. The lowest BCUT2D eigenvalue weighted by Crippen LogP contribution is -2.27. The summed E-state index contributed by atoms with van der Waals surface area (Å²) in [6, 6.07) is 0. The van der Waals surface area contributed by atoms with E-state index >= 15 is 0 Å². The summed E-state index contributed by atoms with van der Waals surface area (Å²) < 4.78 is 11.1. The maximum Gasteiger partial charge on any atom is 0.306 e. The molecule has 1 atom stereocenters. The van der Waals surface area contributed by atoms with Gasteiger partial charge in [0.15, 0.2) is 0 Å². The van der Waals surface area contributed by atoms with E-state index in [1.165, 1.54) is 38.5 Å². The van der Waals surface area contributed by atoms with E-state index in [1.54, 1.807) is 0 Å². The lowest BCUT2D eigenvalue weighted by molar-refractivity contribution is -0.154. The van der Waals surface area contributed by atoms with Crippen molar-refractivity contribution in [2.45, 2.75) is 161 Å². The average Bonchev–Trinajstić information content (AvgIpc) is 3.14. The Morgan fingerprint density at radius 3 is 1.33 bits per heavy atom. The predicted molar refractivity (Wildman–Crippen MR) is 223 cm³/mol. The molecule has 0 rings (SSSR count). The predicted octanol–water partition coefficient (Wildman–Crippen LogP) is 13.5. The third-order valence-corrected chi connectivity index (χ3v) is 8.08. The monoisotopic (exact) mass is 705 g/mol. The fraction of sp³-hybridized carbons (Fsp3) is 0.596. The van der Waals surface area contributed by atoms with Crippen LogP contribution in [0.3, 0.4) is 0 Å². The van der Waals surface area contributed by atoms with Gasteiger partial charge in [0.25, 0.3) is 0 Å². The molecule has 0 aromatic heterocycles. The van der Waals surface area contributed by atoms with E-state index in [2.05, 4.69) is 123 Å². The van der Waals surface area contributed by atoms with Crippen molar-refractivity contribution in [1.29, 1.82) is 0 Å². The standard InChI is InChI=1S/C47H76O4/c1-3-5-7-9-11-13-15-17-19-20-21-22-23-24-25-26-27-29-31-33-35-37-39-41-43-50-45-46(44-48)51-47(49)42-40-38-36-34-32-30-28-18-16-14-12-10-8-6-4-2/h5,7,11-14,17-19,21-22,24-25,27-29,33,35,46,48H,3-4,6,8-10,15-16,20,23,26,30-32,34,36-45H2,1-2H3/b7-5-,13-11-,14-12-,19-17-,22-21-,25-24-,28-18-,29-27-,35-33-. The molecule has 0 heterocycles. The molecule has 1 N–H and O–H groups in total. The molecule has 4 heteroatoms. The fourth-order valence-corrected chi connectivity index (χ4v) is 5.04. The van der Waals surface area contributed by atoms with Crippen molar-refractivity contribution in [3.05, 3.63) is 109 Å². The Labute approximate surface area is 315 Å². The smallest absolute Gasteiger partial charge is 0.306 e. The van der Waals surface area contributed by atoms with Gasteiger partial charge in [-0.15, -0.1) is 0 Å². The average molecular weight is 705 g/mol. The molecule has 0 bridgehead atoms. The van der Waals surface area contributed by atoms with Crippen molar-refractivity contribution in [3.63, 3.8) is 0 Å². The largest absolute Gasteiger partial charge is 0.457 e. The van der Waals surface area contributed by atoms with Crippen molar-refractivity contribution in [3.8, 4) is 0 Å². The van der Waals surface area contributed by atoms with Crippen LogP contribution < -0.4 is 0 Å². The number of unbranched alkanes of at least 4 members (excludes halogenated alkanes) is 10. The number of aliphatic hydroxyl groups is 1. The second kappa shape index (κ2) is 43.2. The number of allylic oxidation sites excluding steroid dienone is 18. The Bertz CT molecular complexity index is 1010. The van der Waals surface area contributed by atoms with E-state index in [9.17, 15) is 9.90 Å². The molecule has 288 valence electrons. The van der Waals surface area contributed by atoms with Crippen LogP contribution in [0.25, 0.3) is 0 Å². The van der Waals surface area contributed by atoms with E-state index in [4.69, 9.17) is 9.47 Å². The molecule has 0 saturated carbocycles. The minimum atomic E-state index is -0.572. The number of carbonyl (C=O) groups is 1. The van der Waals surface area contributed by atoms with Crippen LogP contribution >= 0.6 is 0 Å². The topological polar surface area (TPSA) is 55.8 Å². The van der Waals surface area contributed by atoms with Gasteiger partial charge in [0, 0.05) is 13.0 Å². The van der Waals surface area contributed by atoms with Crippen LogP contribution in [0.1, 0.15) is 155 Å².